The van der Waals surface area contributed by atoms with Gasteiger partial charge in [0.2, 0.25) is 0 Å². The summed E-state index contributed by atoms with van der Waals surface area (Å²) in [4.78, 5) is 13.2. The van der Waals surface area contributed by atoms with Crippen molar-refractivity contribution in [2.75, 3.05) is 0 Å². The second kappa shape index (κ2) is 7.57. The zero-order valence-corrected chi connectivity index (χ0v) is 16.3. The van der Waals surface area contributed by atoms with E-state index in [1.807, 2.05) is 25.1 Å². The highest BCUT2D eigenvalue weighted by Crippen LogP contribution is 2.41. The van der Waals surface area contributed by atoms with Crippen LogP contribution in [0.5, 0.6) is 0 Å². The molecule has 1 aliphatic carbocycles. The zero-order valence-electron chi connectivity index (χ0n) is 16.3. The summed E-state index contributed by atoms with van der Waals surface area (Å²) in [6.45, 7) is 8.19. The van der Waals surface area contributed by atoms with Crippen molar-refractivity contribution in [1.29, 1.82) is 5.41 Å². The number of aryl methyl sites for hydroxylation is 1. The lowest BCUT2D eigenvalue weighted by molar-refractivity contribution is 0.0912. The maximum absolute atomic E-state index is 13.2. The van der Waals surface area contributed by atoms with Crippen molar-refractivity contribution in [2.45, 2.75) is 58.8 Å². The summed E-state index contributed by atoms with van der Waals surface area (Å²) in [5, 5.41) is 7.94. The van der Waals surface area contributed by atoms with Gasteiger partial charge in [0.05, 0.1) is 0 Å². The third kappa shape index (κ3) is 3.65. The molecule has 1 N–H and O–H groups in total. The quantitative estimate of drug-likeness (QED) is 0.502. The molecular weight excluding hydrogens is 318 g/mol. The minimum absolute atomic E-state index is 0.0569. The summed E-state index contributed by atoms with van der Waals surface area (Å²) < 4.78 is 0. The Balaban J connectivity index is 1.87. The maximum Gasteiger partial charge on any atom is 0.166 e. The van der Waals surface area contributed by atoms with Gasteiger partial charge in [0, 0.05) is 17.2 Å². The molecular formula is C24H29NO. The van der Waals surface area contributed by atoms with E-state index in [1.165, 1.54) is 11.1 Å². The fraction of sp³-hybridized carbons (Fsp3) is 0.417. The van der Waals surface area contributed by atoms with Gasteiger partial charge in [0.25, 0.3) is 0 Å². The Morgan fingerprint density at radius 3 is 2.38 bits per heavy atom. The molecule has 1 aliphatic rings. The van der Waals surface area contributed by atoms with Gasteiger partial charge in [-0.1, -0.05) is 56.7 Å². The molecule has 2 unspecified atom stereocenters. The fourth-order valence-electron chi connectivity index (χ4n) is 4.19. The molecule has 1 fully saturated rings. The Kier molecular flexibility index (Phi) is 5.41. The van der Waals surface area contributed by atoms with E-state index >= 15 is 0 Å². The largest absolute Gasteiger partial charge is 0.305 e. The summed E-state index contributed by atoms with van der Waals surface area (Å²) in [6.07, 6.45) is 3.15. The average molecular weight is 348 g/mol. The lowest BCUT2D eigenvalue weighted by Crippen LogP contribution is -2.18. The van der Waals surface area contributed by atoms with Crippen LogP contribution in [0.1, 0.15) is 84.5 Å². The SMILES string of the molecule is CC(=N)c1cc(C(=O)C2CCCC2c2ccc(C(C)C)cc2)ccc1C. The number of benzene rings is 2. The van der Waals surface area contributed by atoms with Crippen molar-refractivity contribution in [1.82, 2.24) is 0 Å². The van der Waals surface area contributed by atoms with E-state index in [4.69, 9.17) is 5.41 Å². The van der Waals surface area contributed by atoms with Gasteiger partial charge in [-0.15, -0.1) is 0 Å². The molecule has 0 heterocycles. The van der Waals surface area contributed by atoms with Crippen LogP contribution in [-0.4, -0.2) is 11.5 Å². The van der Waals surface area contributed by atoms with Gasteiger partial charge in [0.15, 0.2) is 5.78 Å². The predicted molar refractivity (Wildman–Crippen MR) is 109 cm³/mol. The second-order valence-corrected chi connectivity index (χ2v) is 7.98. The first-order chi connectivity index (χ1) is 12.4. The normalized spacial score (nSPS) is 19.7. The molecule has 0 amide bonds. The van der Waals surface area contributed by atoms with Crippen molar-refractivity contribution in [3.63, 3.8) is 0 Å². The summed E-state index contributed by atoms with van der Waals surface area (Å²) in [7, 11) is 0. The third-order valence-electron chi connectivity index (χ3n) is 5.81. The van der Waals surface area contributed by atoms with E-state index in [-0.39, 0.29) is 11.7 Å². The monoisotopic (exact) mass is 347 g/mol. The van der Waals surface area contributed by atoms with Gasteiger partial charge in [-0.05, 0) is 66.8 Å². The smallest absolute Gasteiger partial charge is 0.166 e. The Bertz CT molecular complexity index is 817. The molecule has 2 aromatic carbocycles. The number of ketones is 1. The molecule has 1 saturated carbocycles. The van der Waals surface area contributed by atoms with Crippen molar-refractivity contribution in [3.05, 3.63) is 70.3 Å². The summed E-state index contributed by atoms with van der Waals surface area (Å²) in [5.41, 5.74) is 5.85. The second-order valence-electron chi connectivity index (χ2n) is 7.98. The highest BCUT2D eigenvalue weighted by molar-refractivity contribution is 6.03. The first kappa shape index (κ1) is 18.6. The number of carbonyl (C=O) groups is 1. The Labute approximate surface area is 157 Å². The number of nitrogens with one attached hydrogen (secondary N) is 1. The van der Waals surface area contributed by atoms with Crippen LogP contribution < -0.4 is 0 Å². The van der Waals surface area contributed by atoms with E-state index < -0.39 is 0 Å². The van der Waals surface area contributed by atoms with Gasteiger partial charge in [-0.2, -0.15) is 0 Å². The highest BCUT2D eigenvalue weighted by Gasteiger charge is 2.34. The molecule has 2 nitrogen and oxygen atoms in total. The molecule has 0 spiro atoms. The molecule has 0 aromatic heterocycles. The predicted octanol–water partition coefficient (Wildman–Crippen LogP) is 6.27. The van der Waals surface area contributed by atoms with E-state index in [0.29, 0.717) is 17.5 Å². The standard InChI is InChI=1S/C24H29NO/c1-15(2)18-10-12-19(13-11-18)21-6-5-7-22(21)24(26)20-9-8-16(3)23(14-20)17(4)25/h8-15,21-22,25H,5-7H2,1-4H3. The number of Topliss-reactive ketones (excluding diaryl/α,β-unsaturated/α-hetero) is 1. The molecule has 26 heavy (non-hydrogen) atoms. The van der Waals surface area contributed by atoms with Crippen LogP contribution in [0.4, 0.5) is 0 Å². The van der Waals surface area contributed by atoms with Gasteiger partial charge in [0.1, 0.15) is 0 Å². The zero-order chi connectivity index (χ0) is 18.8. The average Bonchev–Trinajstić information content (AvgIpc) is 3.11. The van der Waals surface area contributed by atoms with Crippen LogP contribution in [0.25, 0.3) is 0 Å². The van der Waals surface area contributed by atoms with Crippen molar-refractivity contribution >= 4 is 11.5 Å². The summed E-state index contributed by atoms with van der Waals surface area (Å²) in [6, 6.07) is 14.7. The first-order valence-electron chi connectivity index (χ1n) is 9.68. The Morgan fingerprint density at radius 2 is 1.77 bits per heavy atom. The molecule has 0 radical (unpaired) electrons. The van der Waals surface area contributed by atoms with Gasteiger partial charge in [-0.25, -0.2) is 0 Å². The van der Waals surface area contributed by atoms with Gasteiger partial charge < -0.3 is 5.41 Å². The number of carbonyl (C=O) groups excluding carboxylic acids is 1. The third-order valence-corrected chi connectivity index (χ3v) is 5.81. The van der Waals surface area contributed by atoms with Gasteiger partial charge in [-0.3, -0.25) is 4.79 Å². The molecule has 2 atom stereocenters. The molecule has 0 aliphatic heterocycles. The summed E-state index contributed by atoms with van der Waals surface area (Å²) in [5.74, 6) is 1.14. The Hall–Kier alpha value is -2.22. The van der Waals surface area contributed by atoms with Crippen molar-refractivity contribution in [2.24, 2.45) is 5.92 Å². The topological polar surface area (TPSA) is 40.9 Å². The number of rotatable bonds is 5. The fourth-order valence-corrected chi connectivity index (χ4v) is 4.19. The Morgan fingerprint density at radius 1 is 1.08 bits per heavy atom. The lowest BCUT2D eigenvalue weighted by atomic mass is 9.82. The van der Waals surface area contributed by atoms with E-state index in [2.05, 4.69) is 38.1 Å². The number of hydrogen-bond acceptors (Lipinski definition) is 2. The molecule has 2 heteroatoms. The van der Waals surface area contributed by atoms with Crippen LogP contribution >= 0.6 is 0 Å². The van der Waals surface area contributed by atoms with Crippen LogP contribution in [0.15, 0.2) is 42.5 Å². The van der Waals surface area contributed by atoms with Gasteiger partial charge >= 0.3 is 0 Å². The number of hydrogen-bond donors (Lipinski definition) is 1. The van der Waals surface area contributed by atoms with Crippen molar-refractivity contribution < 1.29 is 4.79 Å². The van der Waals surface area contributed by atoms with Crippen LogP contribution in [-0.2, 0) is 0 Å². The highest BCUT2D eigenvalue weighted by atomic mass is 16.1. The van der Waals surface area contributed by atoms with Crippen LogP contribution in [0, 0.1) is 18.3 Å². The molecule has 0 saturated heterocycles. The lowest BCUT2D eigenvalue weighted by Gasteiger charge is -2.20. The summed E-state index contributed by atoms with van der Waals surface area (Å²) >= 11 is 0. The van der Waals surface area contributed by atoms with E-state index in [1.54, 1.807) is 6.92 Å². The molecule has 0 bridgehead atoms. The molecule has 136 valence electrons. The first-order valence-corrected chi connectivity index (χ1v) is 9.68. The van der Waals surface area contributed by atoms with E-state index in [9.17, 15) is 4.79 Å². The molecule has 2 aromatic rings. The minimum Gasteiger partial charge on any atom is -0.305 e. The van der Waals surface area contributed by atoms with E-state index in [0.717, 1.165) is 36.0 Å². The van der Waals surface area contributed by atoms with Crippen molar-refractivity contribution in [3.8, 4) is 0 Å². The van der Waals surface area contributed by atoms with Crippen LogP contribution in [0.2, 0.25) is 0 Å². The minimum atomic E-state index is 0.0569. The molecule has 3 rings (SSSR count). The van der Waals surface area contributed by atoms with Crippen LogP contribution in [0.3, 0.4) is 0 Å². The maximum atomic E-state index is 13.2.